The van der Waals surface area contributed by atoms with Gasteiger partial charge in [-0.25, -0.2) is 0 Å². The van der Waals surface area contributed by atoms with Crippen LogP contribution in [0.4, 0.5) is 0 Å². The van der Waals surface area contributed by atoms with Crippen molar-refractivity contribution in [1.29, 1.82) is 0 Å². The minimum Gasteiger partial charge on any atom is -0.489 e. The van der Waals surface area contributed by atoms with Crippen LogP contribution in [0.25, 0.3) is 0 Å². The fourth-order valence-corrected chi connectivity index (χ4v) is 1.72. The van der Waals surface area contributed by atoms with Gasteiger partial charge in [-0.3, -0.25) is 0 Å². The average molecular weight is 263 g/mol. The molecule has 0 radical (unpaired) electrons. The second-order valence-corrected chi connectivity index (χ2v) is 4.43. The summed E-state index contributed by atoms with van der Waals surface area (Å²) in [6.45, 7) is 1.16. The van der Waals surface area contributed by atoms with Crippen molar-refractivity contribution in [3.8, 4) is 5.75 Å². The minimum absolute atomic E-state index is 0.542. The second kappa shape index (κ2) is 6.43. The molecule has 0 saturated heterocycles. The third-order valence-corrected chi connectivity index (χ3v) is 2.81. The van der Waals surface area contributed by atoms with E-state index in [4.69, 9.17) is 21.1 Å². The van der Waals surface area contributed by atoms with Crippen LogP contribution in [0, 0.1) is 0 Å². The molecule has 0 fully saturated rings. The first-order valence-electron chi connectivity index (χ1n) is 5.73. The van der Waals surface area contributed by atoms with Crippen LogP contribution in [-0.4, -0.2) is 7.11 Å². The molecule has 2 nitrogen and oxygen atoms in total. The molecule has 0 aliphatic carbocycles. The summed E-state index contributed by atoms with van der Waals surface area (Å²) in [5.41, 5.74) is 2.23. The third kappa shape index (κ3) is 3.76. The Labute approximate surface area is 112 Å². The van der Waals surface area contributed by atoms with Crippen LogP contribution in [0.1, 0.15) is 11.1 Å². The van der Waals surface area contributed by atoms with E-state index in [0.29, 0.717) is 13.2 Å². The van der Waals surface area contributed by atoms with Gasteiger partial charge in [0.25, 0.3) is 0 Å². The Balaban J connectivity index is 1.91. The number of rotatable bonds is 5. The van der Waals surface area contributed by atoms with E-state index in [1.165, 1.54) is 0 Å². The third-order valence-electron chi connectivity index (χ3n) is 2.55. The first-order chi connectivity index (χ1) is 8.78. The van der Waals surface area contributed by atoms with Gasteiger partial charge in [-0.15, -0.1) is 0 Å². The Kier molecular flexibility index (Phi) is 4.62. The zero-order valence-corrected chi connectivity index (χ0v) is 11.0. The molecule has 0 heterocycles. The molecule has 2 rings (SSSR count). The first kappa shape index (κ1) is 12.9. The highest BCUT2D eigenvalue weighted by Gasteiger charge is 1.97. The van der Waals surface area contributed by atoms with Gasteiger partial charge >= 0.3 is 0 Å². The Bertz CT molecular complexity index is 477. The van der Waals surface area contributed by atoms with Crippen molar-refractivity contribution in [3.05, 3.63) is 64.7 Å². The van der Waals surface area contributed by atoms with E-state index < -0.39 is 0 Å². The molecule has 0 spiro atoms. The van der Waals surface area contributed by atoms with E-state index in [2.05, 4.69) is 0 Å². The molecule has 18 heavy (non-hydrogen) atoms. The van der Waals surface area contributed by atoms with Gasteiger partial charge in [0.1, 0.15) is 12.4 Å². The molecule has 0 atom stereocenters. The lowest BCUT2D eigenvalue weighted by molar-refractivity contribution is 0.185. The molecule has 0 amide bonds. The quantitative estimate of drug-likeness (QED) is 0.809. The molecule has 2 aromatic carbocycles. The van der Waals surface area contributed by atoms with Crippen LogP contribution in [0.2, 0.25) is 5.02 Å². The van der Waals surface area contributed by atoms with Gasteiger partial charge in [0.15, 0.2) is 0 Å². The highest BCUT2D eigenvalue weighted by Crippen LogP contribution is 2.16. The van der Waals surface area contributed by atoms with Crippen LogP contribution in [0.5, 0.6) is 5.75 Å². The predicted molar refractivity (Wildman–Crippen MR) is 72.9 cm³/mol. The molecule has 3 heteroatoms. The molecule has 2 aromatic rings. The number of methoxy groups -OCH3 is 1. The summed E-state index contributed by atoms with van der Waals surface area (Å²) in [5.74, 6) is 0.852. The Morgan fingerprint density at radius 1 is 0.833 bits per heavy atom. The Hall–Kier alpha value is -1.51. The average Bonchev–Trinajstić information content (AvgIpc) is 2.40. The molecule has 0 N–H and O–H groups in total. The predicted octanol–water partition coefficient (Wildman–Crippen LogP) is 4.07. The number of ether oxygens (including phenoxy) is 2. The van der Waals surface area contributed by atoms with Gasteiger partial charge in [0.05, 0.1) is 6.61 Å². The molecular formula is C15H15ClO2. The fraction of sp³-hybridized carbons (Fsp3) is 0.200. The van der Waals surface area contributed by atoms with Crippen molar-refractivity contribution in [1.82, 2.24) is 0 Å². The molecule has 0 aromatic heterocycles. The zero-order chi connectivity index (χ0) is 12.8. The summed E-state index contributed by atoms with van der Waals surface area (Å²) >= 11 is 5.82. The van der Waals surface area contributed by atoms with E-state index in [1.54, 1.807) is 7.11 Å². The normalized spacial score (nSPS) is 10.3. The van der Waals surface area contributed by atoms with Crippen molar-refractivity contribution in [2.24, 2.45) is 0 Å². The second-order valence-electron chi connectivity index (χ2n) is 3.99. The van der Waals surface area contributed by atoms with Gasteiger partial charge in [-0.05, 0) is 35.4 Å². The maximum absolute atomic E-state index is 5.82. The van der Waals surface area contributed by atoms with E-state index in [1.807, 2.05) is 48.5 Å². The van der Waals surface area contributed by atoms with E-state index in [-0.39, 0.29) is 0 Å². The number of hydrogen-bond acceptors (Lipinski definition) is 2. The zero-order valence-electron chi connectivity index (χ0n) is 10.2. The Morgan fingerprint density at radius 2 is 1.39 bits per heavy atom. The van der Waals surface area contributed by atoms with Crippen LogP contribution in [-0.2, 0) is 18.0 Å². The van der Waals surface area contributed by atoms with Crippen molar-refractivity contribution in [3.63, 3.8) is 0 Å². The standard InChI is InChI=1S/C15H15ClO2/c1-17-10-12-4-8-15(9-5-12)18-11-13-2-6-14(16)7-3-13/h2-9H,10-11H2,1H3. The summed E-state index contributed by atoms with van der Waals surface area (Å²) in [6, 6.07) is 15.5. The van der Waals surface area contributed by atoms with Crippen LogP contribution < -0.4 is 4.74 Å². The van der Waals surface area contributed by atoms with Gasteiger partial charge in [0, 0.05) is 12.1 Å². The number of hydrogen-bond donors (Lipinski definition) is 0. The van der Waals surface area contributed by atoms with Crippen LogP contribution >= 0.6 is 11.6 Å². The maximum atomic E-state index is 5.82. The summed E-state index contributed by atoms with van der Waals surface area (Å²) in [5, 5.41) is 0.739. The fourth-order valence-electron chi connectivity index (χ4n) is 1.60. The van der Waals surface area contributed by atoms with Crippen molar-refractivity contribution < 1.29 is 9.47 Å². The lowest BCUT2D eigenvalue weighted by Crippen LogP contribution is -1.95. The summed E-state index contributed by atoms with van der Waals surface area (Å²) in [7, 11) is 1.69. The van der Waals surface area contributed by atoms with Gasteiger partial charge < -0.3 is 9.47 Å². The molecule has 0 aliphatic heterocycles. The van der Waals surface area contributed by atoms with E-state index >= 15 is 0 Å². The SMILES string of the molecule is COCc1ccc(OCc2ccc(Cl)cc2)cc1. The first-order valence-corrected chi connectivity index (χ1v) is 6.11. The minimum atomic E-state index is 0.542. The van der Waals surface area contributed by atoms with Crippen molar-refractivity contribution >= 4 is 11.6 Å². The van der Waals surface area contributed by atoms with Crippen molar-refractivity contribution in [2.45, 2.75) is 13.2 Å². The summed E-state index contributed by atoms with van der Waals surface area (Å²) in [6.07, 6.45) is 0. The van der Waals surface area contributed by atoms with Gasteiger partial charge in [-0.1, -0.05) is 35.9 Å². The summed E-state index contributed by atoms with van der Waals surface area (Å²) in [4.78, 5) is 0. The largest absolute Gasteiger partial charge is 0.489 e. The van der Waals surface area contributed by atoms with Gasteiger partial charge in [-0.2, -0.15) is 0 Å². The lowest BCUT2D eigenvalue weighted by Gasteiger charge is -2.07. The van der Waals surface area contributed by atoms with Crippen LogP contribution in [0.3, 0.4) is 0 Å². The molecule has 0 saturated carbocycles. The van der Waals surface area contributed by atoms with E-state index in [0.717, 1.165) is 21.9 Å². The highest BCUT2D eigenvalue weighted by molar-refractivity contribution is 6.30. The molecular weight excluding hydrogens is 248 g/mol. The topological polar surface area (TPSA) is 18.5 Å². The lowest BCUT2D eigenvalue weighted by atomic mass is 10.2. The number of benzene rings is 2. The molecule has 0 unspecified atom stereocenters. The molecule has 0 bridgehead atoms. The highest BCUT2D eigenvalue weighted by atomic mass is 35.5. The molecule has 0 aliphatic rings. The maximum Gasteiger partial charge on any atom is 0.119 e. The molecule has 94 valence electrons. The smallest absolute Gasteiger partial charge is 0.119 e. The van der Waals surface area contributed by atoms with Crippen molar-refractivity contribution in [2.75, 3.05) is 7.11 Å². The Morgan fingerprint density at radius 3 is 2.00 bits per heavy atom. The van der Waals surface area contributed by atoms with E-state index in [9.17, 15) is 0 Å². The number of halogens is 1. The monoisotopic (exact) mass is 262 g/mol. The summed E-state index contributed by atoms with van der Waals surface area (Å²) < 4.78 is 10.7. The van der Waals surface area contributed by atoms with Crippen LogP contribution in [0.15, 0.2) is 48.5 Å². The van der Waals surface area contributed by atoms with Gasteiger partial charge in [0.2, 0.25) is 0 Å².